The van der Waals surface area contributed by atoms with E-state index in [0.717, 1.165) is 22.4 Å². The van der Waals surface area contributed by atoms with Gasteiger partial charge in [-0.25, -0.2) is 17.4 Å². The van der Waals surface area contributed by atoms with E-state index in [2.05, 4.69) is 15.6 Å². The second kappa shape index (κ2) is 11.7. The van der Waals surface area contributed by atoms with Crippen LogP contribution in [0.25, 0.3) is 11.0 Å². The van der Waals surface area contributed by atoms with Crippen molar-refractivity contribution in [3.63, 3.8) is 0 Å². The molecule has 1 amide bonds. The molecule has 0 aliphatic carbocycles. The molecule has 41 heavy (non-hydrogen) atoms. The van der Waals surface area contributed by atoms with Crippen molar-refractivity contribution in [3.05, 3.63) is 82.1 Å². The minimum Gasteiger partial charge on any atom is -0.379 e. The number of Topliss-reactive ketones (excluding diaryl/α,β-unsaturated/α-hetero) is 1. The predicted molar refractivity (Wildman–Crippen MR) is 162 cm³/mol. The summed E-state index contributed by atoms with van der Waals surface area (Å²) in [6, 6.07) is 13.1. The number of rotatable bonds is 8. The molecular weight excluding hydrogens is 585 g/mol. The van der Waals surface area contributed by atoms with Crippen molar-refractivity contribution in [2.75, 3.05) is 30.3 Å². The van der Waals surface area contributed by atoms with Crippen LogP contribution in [-0.4, -0.2) is 59.6 Å². The van der Waals surface area contributed by atoms with Gasteiger partial charge in [0.1, 0.15) is 0 Å². The van der Waals surface area contributed by atoms with Crippen LogP contribution in [0.1, 0.15) is 35.7 Å². The number of hydrogen-bond acceptors (Lipinski definition) is 7. The standard InChI is InChI=1S/C29H29Cl2N5O4S/c1-18-5-7-24(8-6-18)41(39,40)36-11-9-25-28(26(19(2)37)15-33-29(25)36)34-22-4-3-10-35(17-22)27(38)16-32-23-13-20(30)12-21(31)14-23/h5-9,11-15,22,32H,3-4,10,16-17H2,1-2H3,(H,33,34)/t22-/m1/s1. The number of aromatic nitrogens is 2. The lowest BCUT2D eigenvalue weighted by Gasteiger charge is -2.34. The summed E-state index contributed by atoms with van der Waals surface area (Å²) in [6.45, 7) is 4.42. The lowest BCUT2D eigenvalue weighted by Crippen LogP contribution is -2.47. The highest BCUT2D eigenvalue weighted by atomic mass is 35.5. The quantitative estimate of drug-likeness (QED) is 0.248. The summed E-state index contributed by atoms with van der Waals surface area (Å²) in [5, 5.41) is 7.97. The Labute approximate surface area is 248 Å². The third-order valence-electron chi connectivity index (χ3n) is 7.07. The number of amides is 1. The minimum atomic E-state index is -3.91. The van der Waals surface area contributed by atoms with E-state index in [1.807, 2.05) is 6.92 Å². The highest BCUT2D eigenvalue weighted by Gasteiger charge is 2.27. The van der Waals surface area contributed by atoms with Crippen LogP contribution in [0.3, 0.4) is 0 Å². The number of pyridine rings is 1. The lowest BCUT2D eigenvalue weighted by molar-refractivity contribution is -0.130. The Kier molecular flexibility index (Phi) is 8.26. The molecule has 3 heterocycles. The highest BCUT2D eigenvalue weighted by Crippen LogP contribution is 2.31. The third-order valence-corrected chi connectivity index (χ3v) is 9.18. The van der Waals surface area contributed by atoms with Gasteiger partial charge in [0.05, 0.1) is 22.7 Å². The number of carbonyl (C=O) groups excluding carboxylic acids is 2. The van der Waals surface area contributed by atoms with Gasteiger partial charge in [0.15, 0.2) is 11.4 Å². The van der Waals surface area contributed by atoms with E-state index >= 15 is 0 Å². The summed E-state index contributed by atoms with van der Waals surface area (Å²) in [5.41, 5.74) is 2.67. The fourth-order valence-corrected chi connectivity index (χ4v) is 6.80. The number of halogens is 2. The first-order valence-electron chi connectivity index (χ1n) is 13.1. The van der Waals surface area contributed by atoms with E-state index in [9.17, 15) is 18.0 Å². The number of benzene rings is 2. The van der Waals surface area contributed by atoms with Gasteiger partial charge in [0.25, 0.3) is 10.0 Å². The number of ketones is 1. The molecule has 0 spiro atoms. The van der Waals surface area contributed by atoms with Crippen molar-refractivity contribution < 1.29 is 18.0 Å². The molecule has 0 saturated carbocycles. The zero-order chi connectivity index (χ0) is 29.3. The molecule has 0 unspecified atom stereocenters. The monoisotopic (exact) mass is 613 g/mol. The summed E-state index contributed by atoms with van der Waals surface area (Å²) in [5.74, 6) is -0.293. The molecule has 0 bridgehead atoms. The van der Waals surface area contributed by atoms with Crippen molar-refractivity contribution in [2.45, 2.75) is 37.6 Å². The molecule has 0 radical (unpaired) electrons. The molecule has 1 saturated heterocycles. The Morgan fingerprint density at radius 2 is 1.78 bits per heavy atom. The molecule has 5 rings (SSSR count). The molecule has 12 heteroatoms. The third kappa shape index (κ3) is 6.19. The molecule has 2 aromatic heterocycles. The molecular formula is C29H29Cl2N5O4S. The summed E-state index contributed by atoms with van der Waals surface area (Å²) in [4.78, 5) is 31.9. The first kappa shape index (κ1) is 28.9. The number of anilines is 2. The first-order chi connectivity index (χ1) is 19.5. The van der Waals surface area contributed by atoms with E-state index in [1.54, 1.807) is 53.4 Å². The second-order valence-electron chi connectivity index (χ2n) is 10.1. The Bertz CT molecular complexity index is 1720. The number of likely N-dealkylation sites (tertiary alicyclic amines) is 1. The van der Waals surface area contributed by atoms with Crippen LogP contribution in [0.5, 0.6) is 0 Å². The predicted octanol–water partition coefficient (Wildman–Crippen LogP) is 5.61. The van der Waals surface area contributed by atoms with E-state index in [4.69, 9.17) is 23.2 Å². The smallest absolute Gasteiger partial charge is 0.269 e. The minimum absolute atomic E-state index is 0.0707. The van der Waals surface area contributed by atoms with Crippen molar-refractivity contribution in [3.8, 4) is 0 Å². The molecule has 1 aliphatic heterocycles. The van der Waals surface area contributed by atoms with E-state index < -0.39 is 10.0 Å². The van der Waals surface area contributed by atoms with Gasteiger partial charge < -0.3 is 15.5 Å². The Hall–Kier alpha value is -3.60. The number of piperidine rings is 1. The van der Waals surface area contributed by atoms with Gasteiger partial charge in [0.2, 0.25) is 5.91 Å². The maximum atomic E-state index is 13.4. The first-order valence-corrected chi connectivity index (χ1v) is 15.3. The van der Waals surface area contributed by atoms with Crippen LogP contribution < -0.4 is 10.6 Å². The van der Waals surface area contributed by atoms with Crippen molar-refractivity contribution in [1.29, 1.82) is 0 Å². The van der Waals surface area contributed by atoms with Crippen molar-refractivity contribution in [2.24, 2.45) is 0 Å². The summed E-state index contributed by atoms with van der Waals surface area (Å²) in [6.07, 6.45) is 4.38. The topological polar surface area (TPSA) is 113 Å². The fraction of sp³-hybridized carbons (Fsp3) is 0.276. The van der Waals surface area contributed by atoms with E-state index in [1.165, 1.54) is 19.3 Å². The Balaban J connectivity index is 1.38. The number of nitrogens with one attached hydrogen (secondary N) is 2. The van der Waals surface area contributed by atoms with Gasteiger partial charge in [-0.1, -0.05) is 40.9 Å². The van der Waals surface area contributed by atoms with Gasteiger partial charge in [-0.2, -0.15) is 0 Å². The molecule has 2 N–H and O–H groups in total. The van der Waals surface area contributed by atoms with E-state index in [-0.39, 0.29) is 34.8 Å². The number of aryl methyl sites for hydroxylation is 1. The molecule has 9 nitrogen and oxygen atoms in total. The Morgan fingerprint density at radius 1 is 1.07 bits per heavy atom. The fourth-order valence-electron chi connectivity index (χ4n) is 4.97. The number of nitrogens with zero attached hydrogens (tertiary/aromatic N) is 3. The summed E-state index contributed by atoms with van der Waals surface area (Å²) < 4.78 is 28.0. The molecule has 4 aromatic rings. The van der Waals surface area contributed by atoms with E-state index in [0.29, 0.717) is 45.5 Å². The van der Waals surface area contributed by atoms with Gasteiger partial charge in [-0.3, -0.25) is 9.59 Å². The SMILES string of the molecule is CC(=O)c1cnc2c(ccn2S(=O)(=O)c2ccc(C)cc2)c1N[C@@H]1CCCN(C(=O)CNc2cc(Cl)cc(Cl)c2)C1. The number of carbonyl (C=O) groups is 2. The van der Waals surface area contributed by atoms with Gasteiger partial charge in [-0.05, 0) is 63.1 Å². The number of hydrogen-bond donors (Lipinski definition) is 2. The summed E-state index contributed by atoms with van der Waals surface area (Å²) >= 11 is 12.1. The van der Waals surface area contributed by atoms with Crippen LogP contribution in [0.4, 0.5) is 11.4 Å². The average molecular weight is 615 g/mol. The maximum Gasteiger partial charge on any atom is 0.269 e. The van der Waals surface area contributed by atoms with Crippen molar-refractivity contribution >= 4 is 67.3 Å². The molecule has 1 atom stereocenters. The van der Waals surface area contributed by atoms with Crippen LogP contribution in [0, 0.1) is 6.92 Å². The van der Waals surface area contributed by atoms with Gasteiger partial charge >= 0.3 is 0 Å². The molecule has 1 aliphatic rings. The van der Waals surface area contributed by atoms with Crippen LogP contribution in [-0.2, 0) is 14.8 Å². The summed E-state index contributed by atoms with van der Waals surface area (Å²) in [7, 11) is -3.91. The second-order valence-corrected chi connectivity index (χ2v) is 12.8. The maximum absolute atomic E-state index is 13.4. The zero-order valence-corrected chi connectivity index (χ0v) is 24.9. The largest absolute Gasteiger partial charge is 0.379 e. The van der Waals surface area contributed by atoms with Crippen molar-refractivity contribution in [1.82, 2.24) is 13.9 Å². The van der Waals surface area contributed by atoms with Crippen LogP contribution >= 0.6 is 23.2 Å². The number of fused-ring (bicyclic) bond motifs is 1. The normalized spacial score (nSPS) is 15.6. The van der Waals surface area contributed by atoms with Crippen LogP contribution in [0.15, 0.2) is 65.8 Å². The average Bonchev–Trinajstić information content (AvgIpc) is 3.37. The van der Waals surface area contributed by atoms with Crippen LogP contribution in [0.2, 0.25) is 10.0 Å². The lowest BCUT2D eigenvalue weighted by atomic mass is 10.0. The molecule has 2 aromatic carbocycles. The molecule has 214 valence electrons. The van der Waals surface area contributed by atoms with Gasteiger partial charge in [-0.15, -0.1) is 0 Å². The highest BCUT2D eigenvalue weighted by molar-refractivity contribution is 7.90. The Morgan fingerprint density at radius 3 is 2.46 bits per heavy atom. The van der Waals surface area contributed by atoms with Gasteiger partial charge in [0, 0.05) is 52.6 Å². The zero-order valence-electron chi connectivity index (χ0n) is 22.5. The molecule has 1 fully saturated rings.